The molecule has 0 fully saturated rings. The van der Waals surface area contributed by atoms with Gasteiger partial charge in [-0.05, 0) is 37.7 Å². The fourth-order valence-electron chi connectivity index (χ4n) is 3.37. The molecule has 0 saturated carbocycles. The molecule has 0 aromatic rings. The van der Waals surface area contributed by atoms with Crippen molar-refractivity contribution in [1.82, 2.24) is 0 Å². The van der Waals surface area contributed by atoms with Crippen molar-refractivity contribution in [3.63, 3.8) is 0 Å². The number of methoxy groups -OCH3 is 2. The molecule has 0 heterocycles. The van der Waals surface area contributed by atoms with E-state index in [0.717, 1.165) is 25.7 Å². The van der Waals surface area contributed by atoms with Crippen molar-refractivity contribution >= 4 is 0 Å². The molecule has 0 aromatic carbocycles. The number of rotatable bonds is 21. The van der Waals surface area contributed by atoms with E-state index in [1.165, 1.54) is 51.4 Å². The molecule has 29 heavy (non-hydrogen) atoms. The number of hydrogen-bond donors (Lipinski definition) is 1. The van der Waals surface area contributed by atoms with Gasteiger partial charge in [0.25, 0.3) is 0 Å². The van der Waals surface area contributed by atoms with Gasteiger partial charge in [0, 0.05) is 14.2 Å². The quantitative estimate of drug-likeness (QED) is 0.134. The summed E-state index contributed by atoms with van der Waals surface area (Å²) in [5, 5.41) is 10.2. The van der Waals surface area contributed by atoms with Gasteiger partial charge in [-0.25, -0.2) is 0 Å². The third-order valence-electron chi connectivity index (χ3n) is 5.15. The Labute approximate surface area is 180 Å². The Hall–Kier alpha value is -0.840. The lowest BCUT2D eigenvalue weighted by molar-refractivity contribution is 0.000189. The van der Waals surface area contributed by atoms with Gasteiger partial charge in [-0.1, -0.05) is 77.4 Å². The summed E-state index contributed by atoms with van der Waals surface area (Å²) in [5.41, 5.74) is 0. The Balaban J connectivity index is 4.38. The highest BCUT2D eigenvalue weighted by atomic mass is 16.5. The van der Waals surface area contributed by atoms with Crippen LogP contribution in [0, 0.1) is 5.92 Å². The van der Waals surface area contributed by atoms with Gasteiger partial charge in [-0.2, -0.15) is 0 Å². The number of aliphatic hydroxyl groups is 1. The molecule has 4 nitrogen and oxygen atoms in total. The normalized spacial score (nSPS) is 14.3. The van der Waals surface area contributed by atoms with Crippen LogP contribution in [-0.4, -0.2) is 44.7 Å². The summed E-state index contributed by atoms with van der Waals surface area (Å²) in [7, 11) is 3.34. The molecule has 4 heteroatoms. The second-order valence-corrected chi connectivity index (χ2v) is 8.05. The van der Waals surface area contributed by atoms with Gasteiger partial charge in [0.2, 0.25) is 0 Å². The minimum Gasteiger partial charge on any atom is -0.494 e. The van der Waals surface area contributed by atoms with Gasteiger partial charge in [-0.15, -0.1) is 0 Å². The molecule has 0 saturated heterocycles. The summed E-state index contributed by atoms with van der Waals surface area (Å²) in [4.78, 5) is 0. The van der Waals surface area contributed by atoms with Crippen LogP contribution in [0.5, 0.6) is 0 Å². The maximum Gasteiger partial charge on any atom is 0.144 e. The number of aliphatic hydroxyl groups excluding tert-OH is 1. The molecular formula is C25H48O4. The SMILES string of the molecule is CCCCCCC(O)CC=CC(C/C=C\OC(COC)COC)CCCCCC. The Morgan fingerprint density at radius 3 is 1.97 bits per heavy atom. The summed E-state index contributed by atoms with van der Waals surface area (Å²) in [6, 6.07) is 0. The highest BCUT2D eigenvalue weighted by Crippen LogP contribution is 2.18. The summed E-state index contributed by atoms with van der Waals surface area (Å²) in [6.07, 6.45) is 21.9. The second kappa shape index (κ2) is 21.9. The van der Waals surface area contributed by atoms with E-state index < -0.39 is 0 Å². The van der Waals surface area contributed by atoms with Gasteiger partial charge in [0.1, 0.15) is 6.10 Å². The van der Waals surface area contributed by atoms with E-state index in [1.54, 1.807) is 20.5 Å². The summed E-state index contributed by atoms with van der Waals surface area (Å²) >= 11 is 0. The van der Waals surface area contributed by atoms with Crippen LogP contribution in [-0.2, 0) is 14.2 Å². The molecule has 0 spiro atoms. The first-order chi connectivity index (χ1) is 14.2. The largest absolute Gasteiger partial charge is 0.494 e. The molecule has 2 unspecified atom stereocenters. The standard InChI is InChI=1S/C25H48O4/c1-5-7-9-11-15-23(16-13-19-24(26)18-12-10-8-6-2)17-14-20-29-25(21-27-3)22-28-4/h13-14,16,20,23-26H,5-12,15,17-19,21-22H2,1-4H3/b16-13?,20-14-. The monoisotopic (exact) mass is 412 g/mol. The van der Waals surface area contributed by atoms with Gasteiger partial charge in [0.15, 0.2) is 0 Å². The molecule has 0 aliphatic heterocycles. The highest BCUT2D eigenvalue weighted by molar-refractivity contribution is 4.93. The first-order valence-corrected chi connectivity index (χ1v) is 11.8. The van der Waals surface area contributed by atoms with Crippen molar-refractivity contribution in [2.45, 2.75) is 103 Å². The topological polar surface area (TPSA) is 47.9 Å². The smallest absolute Gasteiger partial charge is 0.144 e. The Morgan fingerprint density at radius 1 is 0.759 bits per heavy atom. The molecule has 0 bridgehead atoms. The predicted molar refractivity (Wildman–Crippen MR) is 123 cm³/mol. The van der Waals surface area contributed by atoms with Gasteiger partial charge in [-0.3, -0.25) is 0 Å². The van der Waals surface area contributed by atoms with Crippen LogP contribution in [0.3, 0.4) is 0 Å². The molecule has 2 atom stereocenters. The van der Waals surface area contributed by atoms with Crippen LogP contribution < -0.4 is 0 Å². The lowest BCUT2D eigenvalue weighted by atomic mass is 9.96. The van der Waals surface area contributed by atoms with Crippen molar-refractivity contribution in [1.29, 1.82) is 0 Å². The molecule has 0 aromatic heterocycles. The van der Waals surface area contributed by atoms with E-state index in [9.17, 15) is 5.11 Å². The molecule has 0 rings (SSSR count). The first-order valence-electron chi connectivity index (χ1n) is 11.8. The van der Waals surface area contributed by atoms with Crippen molar-refractivity contribution in [3.8, 4) is 0 Å². The van der Waals surface area contributed by atoms with Crippen molar-refractivity contribution in [2.24, 2.45) is 5.92 Å². The Morgan fingerprint density at radius 2 is 1.38 bits per heavy atom. The molecule has 0 aliphatic rings. The molecule has 1 N–H and O–H groups in total. The zero-order chi connectivity index (χ0) is 21.6. The van der Waals surface area contributed by atoms with Crippen LogP contribution in [0.2, 0.25) is 0 Å². The van der Waals surface area contributed by atoms with Gasteiger partial charge < -0.3 is 19.3 Å². The maximum absolute atomic E-state index is 10.2. The molecule has 0 aliphatic carbocycles. The predicted octanol–water partition coefficient (Wildman–Crippen LogP) is 6.43. The lowest BCUT2D eigenvalue weighted by Gasteiger charge is -2.15. The maximum atomic E-state index is 10.2. The lowest BCUT2D eigenvalue weighted by Crippen LogP contribution is -2.22. The van der Waals surface area contributed by atoms with Crippen LogP contribution >= 0.6 is 0 Å². The van der Waals surface area contributed by atoms with E-state index in [0.29, 0.717) is 19.1 Å². The van der Waals surface area contributed by atoms with E-state index in [4.69, 9.17) is 14.2 Å². The van der Waals surface area contributed by atoms with E-state index in [2.05, 4.69) is 32.1 Å². The average Bonchev–Trinajstić information content (AvgIpc) is 2.71. The summed E-state index contributed by atoms with van der Waals surface area (Å²) in [5.74, 6) is 0.502. The third kappa shape index (κ3) is 18.9. The van der Waals surface area contributed by atoms with Crippen LogP contribution in [0.15, 0.2) is 24.5 Å². The van der Waals surface area contributed by atoms with E-state index in [1.807, 2.05) is 0 Å². The minimum atomic E-state index is -0.202. The summed E-state index contributed by atoms with van der Waals surface area (Å²) in [6.45, 7) is 5.51. The molecule has 172 valence electrons. The van der Waals surface area contributed by atoms with E-state index >= 15 is 0 Å². The first kappa shape index (κ1) is 28.2. The summed E-state index contributed by atoms with van der Waals surface area (Å²) < 4.78 is 16.0. The van der Waals surface area contributed by atoms with Crippen LogP contribution in [0.4, 0.5) is 0 Å². The number of unbranched alkanes of at least 4 members (excludes halogenated alkanes) is 6. The highest BCUT2D eigenvalue weighted by Gasteiger charge is 2.08. The van der Waals surface area contributed by atoms with Crippen LogP contribution in [0.25, 0.3) is 0 Å². The Kier molecular flexibility index (Phi) is 21.2. The van der Waals surface area contributed by atoms with Gasteiger partial charge >= 0.3 is 0 Å². The van der Waals surface area contributed by atoms with Crippen molar-refractivity contribution in [3.05, 3.63) is 24.5 Å². The second-order valence-electron chi connectivity index (χ2n) is 8.05. The molecule has 0 radical (unpaired) electrons. The van der Waals surface area contributed by atoms with Crippen molar-refractivity contribution in [2.75, 3.05) is 27.4 Å². The molecular weight excluding hydrogens is 364 g/mol. The fraction of sp³-hybridized carbons (Fsp3) is 0.840. The number of allylic oxidation sites excluding steroid dienone is 2. The zero-order valence-electron chi connectivity index (χ0n) is 19.6. The van der Waals surface area contributed by atoms with Gasteiger partial charge in [0.05, 0.1) is 25.6 Å². The number of hydrogen-bond acceptors (Lipinski definition) is 4. The minimum absolute atomic E-state index is 0.0670. The van der Waals surface area contributed by atoms with Crippen molar-refractivity contribution < 1.29 is 19.3 Å². The average molecular weight is 413 g/mol. The zero-order valence-corrected chi connectivity index (χ0v) is 19.6. The number of ether oxygens (including phenoxy) is 3. The van der Waals surface area contributed by atoms with E-state index in [-0.39, 0.29) is 12.2 Å². The molecule has 0 amide bonds. The third-order valence-corrected chi connectivity index (χ3v) is 5.15. The fourth-order valence-corrected chi connectivity index (χ4v) is 3.37. The van der Waals surface area contributed by atoms with Crippen LogP contribution in [0.1, 0.15) is 90.9 Å². The Bertz CT molecular complexity index is 375.